The molecule has 0 radical (unpaired) electrons. The van der Waals surface area contributed by atoms with Gasteiger partial charge >= 0.3 is 80.4 Å². The normalized spacial score (nSPS) is 12.2. The van der Waals surface area contributed by atoms with Gasteiger partial charge in [0.15, 0.2) is 0 Å². The molecule has 0 fully saturated rings. The third-order valence-corrected chi connectivity index (χ3v) is 13.1. The zero-order valence-electron chi connectivity index (χ0n) is 58.7. The molecule has 0 saturated carbocycles. The third kappa shape index (κ3) is 27.9. The Hall–Kier alpha value is -12.1. The van der Waals surface area contributed by atoms with Crippen molar-refractivity contribution in [3.63, 3.8) is 0 Å². The Morgan fingerprint density at radius 3 is 0.948 bits per heavy atom. The maximum absolute atomic E-state index is 13.6. The van der Waals surface area contributed by atoms with Crippen LogP contribution < -0.4 is 20.0 Å². The molecule has 0 aliphatic carbocycles. The first kappa shape index (κ1) is 94.5. The summed E-state index contributed by atoms with van der Waals surface area (Å²) in [4.78, 5) is 52.7. The molecule has 26 nitrogen and oxygen atoms in total. The SMILES string of the molecule is CN1C=NN(c2[c-]cc(F)nc2F)[CH-]1.CN1C=NN(c2[c-]cc(F)nc2F)[CH-]1.CN1C=NN(c2[c-]cc(F)nc2F)[CH-]1.CN1C=NN(c2[c-]cc(F)nc2F)[CH-]1.Fc1c[c-]c(-c2ncccn2)c(F)c1.Fc1c[c-]c(-c2ncccn2)c(F)n1.N#Cc1c(F)c[c-]c(-c2ncccn2)c1F.[Ir+3].[Ir+3].[Ir+3].[Ir+3].[c-]1ccccc1-c1ncccn1. The number of rotatable bonds is 8. The second-order valence-corrected chi connectivity index (χ2v) is 21.2. The van der Waals surface area contributed by atoms with Crippen molar-refractivity contribution in [2.75, 3.05) is 48.2 Å². The molecule has 0 N–H and O–H groups in total. The maximum atomic E-state index is 13.6. The van der Waals surface area contributed by atoms with E-state index in [2.05, 4.69) is 134 Å². The molecule has 596 valence electrons. The Bertz CT molecular complexity index is 4860. The van der Waals surface area contributed by atoms with Crippen LogP contribution in [0.25, 0.3) is 45.6 Å². The van der Waals surface area contributed by atoms with Crippen molar-refractivity contribution in [1.29, 1.82) is 5.26 Å². The molecule has 0 saturated heterocycles. The van der Waals surface area contributed by atoms with Crippen LogP contribution in [0, 0.1) is 169 Å². The van der Waals surface area contributed by atoms with Crippen LogP contribution in [0.2, 0.25) is 0 Å². The molecule has 44 heteroatoms. The van der Waals surface area contributed by atoms with Gasteiger partial charge in [-0.2, -0.15) is 49.9 Å². The Kier molecular flexibility index (Phi) is 38.2. The van der Waals surface area contributed by atoms with E-state index in [0.29, 0.717) is 0 Å². The van der Waals surface area contributed by atoms with Crippen molar-refractivity contribution in [2.24, 2.45) is 20.4 Å². The quantitative estimate of drug-likeness (QED) is 0.0777. The topological polar surface area (TPSA) is 267 Å². The van der Waals surface area contributed by atoms with E-state index in [1.165, 1.54) is 115 Å². The van der Waals surface area contributed by atoms with Gasteiger partial charge in [-0.05, 0) is 75.2 Å². The summed E-state index contributed by atoms with van der Waals surface area (Å²) in [5.74, 6) is -11.4. The van der Waals surface area contributed by atoms with Gasteiger partial charge in [0.2, 0.25) is 0 Å². The monoisotopic (exact) mass is 2310 g/mol. The first-order valence-electron chi connectivity index (χ1n) is 30.9. The largest absolute Gasteiger partial charge is 3.00 e. The van der Waals surface area contributed by atoms with Crippen LogP contribution in [0.5, 0.6) is 0 Å². The number of nitriles is 1. The van der Waals surface area contributed by atoms with Gasteiger partial charge in [0.05, 0.1) is 90.1 Å². The zero-order chi connectivity index (χ0) is 80.2. The fraction of sp³-hybridized carbons (Fsp3) is 0.0556. The minimum Gasteiger partial charge on any atom is -0.493 e. The average molecular weight is 2310 g/mol. The van der Waals surface area contributed by atoms with Crippen molar-refractivity contribution < 1.29 is 142 Å². The van der Waals surface area contributed by atoms with Crippen LogP contribution in [0.1, 0.15) is 5.56 Å². The van der Waals surface area contributed by atoms with Crippen LogP contribution in [-0.4, -0.2) is 138 Å². The summed E-state index contributed by atoms with van der Waals surface area (Å²) in [6, 6.07) is 43.1. The van der Waals surface area contributed by atoms with E-state index < -0.39 is 88.3 Å². The van der Waals surface area contributed by atoms with E-state index in [1.54, 1.807) is 84.4 Å². The van der Waals surface area contributed by atoms with Crippen molar-refractivity contribution in [2.45, 2.75) is 0 Å². The second kappa shape index (κ2) is 46.9. The number of aromatic nitrogens is 13. The van der Waals surface area contributed by atoms with E-state index in [4.69, 9.17) is 5.26 Å². The number of benzene rings is 3. The minimum absolute atomic E-state index is 0. The Morgan fingerprint density at radius 2 is 0.647 bits per heavy atom. The standard InChI is InChI=1S/C11H4F2N3.C10H5F2N2.C10H7N2.C9H4F2N3.4C8H6F2N4.4Ir/c12-9-3-2-7(10(13)8(9)6-14)11-15-4-1-5-16-11;11-7-2-3-8(9(12)6-7)10-13-4-1-5-14-10;1-2-5-9(6-3-1)10-11-7-4-8-12-10;10-7-3-2-6(8(11)14-7)9-12-4-1-5-13-9;4*1-13-4-11-14(5-13)6-2-3-7(9)12-8(6)10;;;;/h1,3-5H;1-2,4-6H;1-5,7-8H;1,3-5H;4*3-5H,1H3;;;;/q4*-1;4*-2;4*+3. The molecule has 13 heterocycles. The summed E-state index contributed by atoms with van der Waals surface area (Å²) in [5.41, 5.74) is 0.176. The van der Waals surface area contributed by atoms with Crippen molar-refractivity contribution >= 4 is 48.1 Å². The number of hydrogen-bond acceptors (Lipinski definition) is 26. The molecule has 4 aliphatic rings. The van der Waals surface area contributed by atoms with Gasteiger partial charge in [0.25, 0.3) is 0 Å². The number of hydrazone groups is 4. The average Bonchev–Trinajstić information content (AvgIpc) is 1.07. The third-order valence-electron chi connectivity index (χ3n) is 13.1. The number of hydrogen-bond donors (Lipinski definition) is 0. The molecule has 3 aromatic carbocycles. The van der Waals surface area contributed by atoms with Gasteiger partial charge in [0, 0.05) is 66.8 Å². The van der Waals surface area contributed by atoms with E-state index in [1.807, 2.05) is 24.3 Å². The first-order valence-corrected chi connectivity index (χ1v) is 30.9. The maximum Gasteiger partial charge on any atom is 3.00 e. The summed E-state index contributed by atoms with van der Waals surface area (Å²) in [7, 11) is 6.94. The fourth-order valence-electron chi connectivity index (χ4n) is 8.21. The van der Waals surface area contributed by atoms with Crippen molar-refractivity contribution in [3.8, 4) is 51.6 Å². The molecule has 16 rings (SSSR count). The molecule has 9 aromatic heterocycles. The second-order valence-electron chi connectivity index (χ2n) is 21.2. The molecular weight excluding hydrogens is 2260 g/mol. The number of anilines is 4. The Morgan fingerprint density at radius 1 is 0.336 bits per heavy atom. The molecule has 0 spiro atoms. The van der Waals surface area contributed by atoms with Crippen LogP contribution in [0.4, 0.5) is 84.2 Å². The molecule has 12 aromatic rings. The number of halogens is 14. The van der Waals surface area contributed by atoms with Crippen LogP contribution in [-0.2, 0) is 80.4 Å². The minimum atomic E-state index is -0.992. The van der Waals surface area contributed by atoms with Gasteiger partial charge < -0.3 is 59.6 Å². The van der Waals surface area contributed by atoms with Gasteiger partial charge in [0.1, 0.15) is 35.7 Å². The van der Waals surface area contributed by atoms with Gasteiger partial charge in [-0.1, -0.05) is 28.8 Å². The predicted molar refractivity (Wildman–Crippen MR) is 372 cm³/mol. The Labute approximate surface area is 705 Å². The van der Waals surface area contributed by atoms with E-state index in [-0.39, 0.29) is 137 Å². The van der Waals surface area contributed by atoms with Crippen molar-refractivity contribution in [1.82, 2.24) is 84.4 Å². The summed E-state index contributed by atoms with van der Waals surface area (Å²) in [6.07, 6.45) is 18.1. The summed E-state index contributed by atoms with van der Waals surface area (Å²) >= 11 is 0. The molecule has 0 amide bonds. The first-order chi connectivity index (χ1) is 53.9. The predicted octanol–water partition coefficient (Wildman–Crippen LogP) is 11.8. The molecule has 4 aliphatic heterocycles. The van der Waals surface area contributed by atoms with E-state index >= 15 is 0 Å². The molecule has 0 unspecified atom stereocenters. The van der Waals surface area contributed by atoms with Crippen LogP contribution in [0.3, 0.4) is 0 Å². The van der Waals surface area contributed by atoms with Crippen molar-refractivity contribution in [3.05, 3.63) is 310 Å². The molecule has 0 bridgehead atoms. The van der Waals surface area contributed by atoms with Gasteiger partial charge in [-0.15, -0.1) is 117 Å². The summed E-state index contributed by atoms with van der Waals surface area (Å²) in [6.45, 7) is 6.09. The zero-order valence-corrected chi connectivity index (χ0v) is 68.3. The number of nitrogens with zero attached hydrogens (tertiary/aromatic N) is 26. The molecule has 0 atom stereocenters. The Balaban J connectivity index is 0.000000235. The fourth-order valence-corrected chi connectivity index (χ4v) is 8.21. The van der Waals surface area contributed by atoms with Gasteiger partial charge in [-0.3, -0.25) is 97.5 Å². The molecule has 116 heavy (non-hydrogen) atoms. The molecular formula is C72H44F14Ir4N26. The number of pyridine rings is 5. The smallest absolute Gasteiger partial charge is 0.493 e. The van der Waals surface area contributed by atoms with E-state index in [0.717, 1.165) is 59.9 Å². The summed E-state index contributed by atoms with van der Waals surface area (Å²) < 4.78 is 180. The summed E-state index contributed by atoms with van der Waals surface area (Å²) in [5, 5.41) is 28.8. The van der Waals surface area contributed by atoms with Gasteiger partial charge in [-0.25, -0.2) is 8.78 Å². The van der Waals surface area contributed by atoms with Crippen LogP contribution >= 0.6 is 0 Å². The van der Waals surface area contributed by atoms with Crippen LogP contribution in [0.15, 0.2) is 167 Å². The van der Waals surface area contributed by atoms with E-state index in [9.17, 15) is 61.5 Å².